The molecule has 0 aliphatic rings. The molecule has 0 fully saturated rings. The minimum atomic E-state index is -2.52. The van der Waals surface area contributed by atoms with Crippen LogP contribution in [0.1, 0.15) is 130 Å². The van der Waals surface area contributed by atoms with Gasteiger partial charge in [0.25, 0.3) is 0 Å². The third kappa shape index (κ3) is 10.0. The van der Waals surface area contributed by atoms with Crippen LogP contribution in [0.4, 0.5) is 0 Å². The number of hydrogen-bond donors (Lipinski definition) is 0. The van der Waals surface area contributed by atoms with Crippen molar-refractivity contribution in [1.29, 1.82) is 10.5 Å². The van der Waals surface area contributed by atoms with E-state index in [1.54, 1.807) is 4.67 Å². The van der Waals surface area contributed by atoms with Crippen molar-refractivity contribution in [3.05, 3.63) is 0 Å². The second-order valence-corrected chi connectivity index (χ2v) is 15.6. The summed E-state index contributed by atoms with van der Waals surface area (Å²) in [5.41, 5.74) is 0. The molecule has 3 nitrogen and oxygen atoms in total. The Balaban J connectivity index is 5.08. The Morgan fingerprint density at radius 1 is 0.467 bits per heavy atom. The maximum absolute atomic E-state index is 9.97. The first kappa shape index (κ1) is 29.2. The second-order valence-electron chi connectivity index (χ2n) is 9.56. The number of hydrogen-bond acceptors (Lipinski definition) is 3. The van der Waals surface area contributed by atoms with Crippen LogP contribution in [0.3, 0.4) is 0 Å². The number of nitriles is 2. The van der Waals surface area contributed by atoms with Gasteiger partial charge in [-0.1, -0.05) is 0 Å². The molecule has 0 bridgehead atoms. The molecule has 176 valence electrons. The van der Waals surface area contributed by atoms with E-state index < -0.39 is 6.75 Å². The molecule has 0 saturated carbocycles. The van der Waals surface area contributed by atoms with Crippen LogP contribution in [0.15, 0.2) is 0 Å². The Morgan fingerprint density at radius 3 is 1.10 bits per heavy atom. The second kappa shape index (κ2) is 17.8. The van der Waals surface area contributed by atoms with Gasteiger partial charge < -0.3 is 0 Å². The molecule has 0 aliphatic carbocycles. The Morgan fingerprint density at radius 2 is 0.767 bits per heavy atom. The monoisotopic (exact) mass is 437 g/mol. The molecule has 0 atom stereocenters. The molecule has 0 saturated heterocycles. The van der Waals surface area contributed by atoms with E-state index in [2.05, 4.69) is 40.1 Å². The van der Waals surface area contributed by atoms with Crippen LogP contribution in [0.5, 0.6) is 0 Å². The van der Waals surface area contributed by atoms with Crippen molar-refractivity contribution in [1.82, 2.24) is 4.67 Å². The summed E-state index contributed by atoms with van der Waals surface area (Å²) < 4.78 is 1.68. The Hall–Kier alpha value is -0.790. The molecule has 0 amide bonds. The van der Waals surface area contributed by atoms with Gasteiger partial charge in [-0.05, 0) is 0 Å². The topological polar surface area (TPSA) is 50.8 Å². The predicted octanol–water partition coefficient (Wildman–Crippen LogP) is 9.04. The summed E-state index contributed by atoms with van der Waals surface area (Å²) in [5, 5.41) is 19.9. The van der Waals surface area contributed by atoms with Crippen molar-refractivity contribution in [3.63, 3.8) is 0 Å². The van der Waals surface area contributed by atoms with Crippen LogP contribution in [-0.2, 0) is 0 Å². The van der Waals surface area contributed by atoms with E-state index in [-0.39, 0.29) is 0 Å². The van der Waals surface area contributed by atoms with Gasteiger partial charge in [0, 0.05) is 0 Å². The van der Waals surface area contributed by atoms with E-state index in [0.29, 0.717) is 0 Å². The van der Waals surface area contributed by atoms with E-state index in [1.807, 2.05) is 0 Å². The van der Waals surface area contributed by atoms with Crippen LogP contribution in [0.2, 0.25) is 0 Å². The molecule has 0 aromatic heterocycles. The van der Waals surface area contributed by atoms with Gasteiger partial charge in [0.15, 0.2) is 0 Å². The van der Waals surface area contributed by atoms with Crippen LogP contribution < -0.4 is 0 Å². The summed E-state index contributed by atoms with van der Waals surface area (Å²) in [4.78, 5) is 0. The van der Waals surface area contributed by atoms with Crippen LogP contribution in [0, 0.1) is 22.9 Å². The molecular weight excluding hydrogens is 385 g/mol. The zero-order valence-corrected chi connectivity index (χ0v) is 21.8. The summed E-state index contributed by atoms with van der Waals surface area (Å²) in [7, 11) is 0. The molecule has 0 radical (unpaired) electrons. The standard InChI is InChI=1S/C26H52N3P/c1-5-9-13-14-15-16-17-18-19-20-24-30(21-10-6-2,22-11-7-3,23-12-8-4)29(25-27)26-28/h5-24H2,1-4H3. The first-order chi connectivity index (χ1) is 14.6. The molecule has 0 unspecified atom stereocenters. The van der Waals surface area contributed by atoms with Gasteiger partial charge >= 0.3 is 189 Å². The SMILES string of the molecule is CCCCCCCCCCCCP(CCCC)(CCCC)(CCCC)N(C#N)C#N. The minimum absolute atomic E-state index is 1.11. The van der Waals surface area contributed by atoms with Crippen molar-refractivity contribution in [3.8, 4) is 12.4 Å². The maximum atomic E-state index is 9.97. The van der Waals surface area contributed by atoms with Gasteiger partial charge in [0.1, 0.15) is 0 Å². The molecule has 0 rings (SSSR count). The van der Waals surface area contributed by atoms with E-state index in [9.17, 15) is 10.5 Å². The predicted molar refractivity (Wildman–Crippen MR) is 136 cm³/mol. The van der Waals surface area contributed by atoms with Gasteiger partial charge in [-0.2, -0.15) is 0 Å². The summed E-state index contributed by atoms with van der Waals surface area (Å²) in [6.07, 6.45) is 29.5. The molecule has 30 heavy (non-hydrogen) atoms. The molecule has 0 spiro atoms. The number of nitrogens with zero attached hydrogens (tertiary/aromatic N) is 3. The molecule has 0 aromatic carbocycles. The fourth-order valence-electron chi connectivity index (χ4n) is 5.04. The van der Waals surface area contributed by atoms with Gasteiger partial charge in [-0.25, -0.2) is 0 Å². The van der Waals surface area contributed by atoms with Crippen LogP contribution in [-0.4, -0.2) is 29.3 Å². The third-order valence-electron chi connectivity index (χ3n) is 7.10. The summed E-state index contributed by atoms with van der Waals surface area (Å²) in [6.45, 7) is 6.49. The molecular formula is C26H52N3P. The van der Waals surface area contributed by atoms with Crippen molar-refractivity contribution in [2.75, 3.05) is 24.6 Å². The molecule has 0 aromatic rings. The molecule has 0 aliphatic heterocycles. The number of rotatable bonds is 21. The normalized spacial score (nSPS) is 12.7. The fraction of sp³-hybridized carbons (Fsp3) is 0.923. The van der Waals surface area contributed by atoms with E-state index in [0.717, 1.165) is 63.2 Å². The van der Waals surface area contributed by atoms with Crippen molar-refractivity contribution in [2.45, 2.75) is 130 Å². The van der Waals surface area contributed by atoms with Gasteiger partial charge in [-0.15, -0.1) is 0 Å². The molecule has 0 heterocycles. The summed E-state index contributed by atoms with van der Waals surface area (Å²) in [5.74, 6) is 0. The first-order valence-electron chi connectivity index (χ1n) is 13.2. The van der Waals surface area contributed by atoms with Crippen molar-refractivity contribution < 1.29 is 0 Å². The molecule has 0 N–H and O–H groups in total. The Bertz CT molecular complexity index is 453. The summed E-state index contributed by atoms with van der Waals surface area (Å²) in [6, 6.07) is 0. The fourth-order valence-corrected chi connectivity index (χ4v) is 12.1. The summed E-state index contributed by atoms with van der Waals surface area (Å²) >= 11 is 0. The van der Waals surface area contributed by atoms with E-state index in [4.69, 9.17) is 0 Å². The average molecular weight is 438 g/mol. The molecule has 4 heteroatoms. The van der Waals surface area contributed by atoms with Crippen molar-refractivity contribution in [2.24, 2.45) is 0 Å². The third-order valence-corrected chi connectivity index (χ3v) is 14.3. The Kier molecular flexibility index (Phi) is 17.4. The van der Waals surface area contributed by atoms with Crippen molar-refractivity contribution >= 4 is 6.75 Å². The zero-order chi connectivity index (χ0) is 22.6. The van der Waals surface area contributed by atoms with Crippen LogP contribution in [0.25, 0.3) is 0 Å². The first-order valence-corrected chi connectivity index (χ1v) is 16.1. The quantitative estimate of drug-likeness (QED) is 0.0778. The number of unbranched alkanes of at least 4 members (excludes halogenated alkanes) is 12. The zero-order valence-electron chi connectivity index (χ0n) is 20.9. The van der Waals surface area contributed by atoms with Gasteiger partial charge in [-0.3, -0.25) is 0 Å². The van der Waals surface area contributed by atoms with Gasteiger partial charge in [0.2, 0.25) is 0 Å². The van der Waals surface area contributed by atoms with Gasteiger partial charge in [0.05, 0.1) is 0 Å². The van der Waals surface area contributed by atoms with Crippen LogP contribution >= 0.6 is 6.75 Å². The van der Waals surface area contributed by atoms with E-state index in [1.165, 1.54) is 64.2 Å². The van der Waals surface area contributed by atoms with E-state index >= 15 is 0 Å². The Labute approximate surface area is 189 Å². The average Bonchev–Trinajstić information content (AvgIpc) is 2.77.